The SMILES string of the molecule is C=C1C=C(c2ccc(CC)cc2)C(Cc2ccccc2)C2CCCCC12. The summed E-state index contributed by atoms with van der Waals surface area (Å²) in [6.45, 7) is 6.70. The van der Waals surface area contributed by atoms with Gasteiger partial charge in [-0.15, -0.1) is 0 Å². The quantitative estimate of drug-likeness (QED) is 0.569. The summed E-state index contributed by atoms with van der Waals surface area (Å²) in [7, 11) is 0. The van der Waals surface area contributed by atoms with Gasteiger partial charge in [-0.3, -0.25) is 0 Å². The fourth-order valence-electron chi connectivity index (χ4n) is 5.11. The molecule has 0 radical (unpaired) electrons. The van der Waals surface area contributed by atoms with Gasteiger partial charge >= 0.3 is 0 Å². The highest BCUT2D eigenvalue weighted by Gasteiger charge is 2.38. The average Bonchev–Trinajstić information content (AvgIpc) is 2.71. The van der Waals surface area contributed by atoms with Gasteiger partial charge in [-0.05, 0) is 65.7 Å². The minimum absolute atomic E-state index is 0.612. The van der Waals surface area contributed by atoms with Crippen molar-refractivity contribution in [1.29, 1.82) is 0 Å². The Morgan fingerprint density at radius 1 is 0.885 bits per heavy atom. The van der Waals surface area contributed by atoms with Crippen LogP contribution in [0.1, 0.15) is 49.3 Å². The molecule has 2 aromatic rings. The lowest BCUT2D eigenvalue weighted by atomic mass is 9.61. The molecule has 134 valence electrons. The summed E-state index contributed by atoms with van der Waals surface area (Å²) < 4.78 is 0. The molecule has 2 aliphatic carbocycles. The number of hydrogen-bond acceptors (Lipinski definition) is 0. The Hall–Kier alpha value is -2.08. The van der Waals surface area contributed by atoms with Gasteiger partial charge in [0.15, 0.2) is 0 Å². The third-order valence-corrected chi connectivity index (χ3v) is 6.55. The van der Waals surface area contributed by atoms with E-state index >= 15 is 0 Å². The van der Waals surface area contributed by atoms with Gasteiger partial charge in [0.25, 0.3) is 0 Å². The van der Waals surface area contributed by atoms with E-state index in [1.54, 1.807) is 0 Å². The van der Waals surface area contributed by atoms with Crippen molar-refractivity contribution in [3.63, 3.8) is 0 Å². The zero-order chi connectivity index (χ0) is 17.9. The molecule has 2 aliphatic rings. The van der Waals surface area contributed by atoms with Gasteiger partial charge in [0.1, 0.15) is 0 Å². The maximum atomic E-state index is 4.47. The predicted octanol–water partition coefficient (Wildman–Crippen LogP) is 6.87. The molecule has 3 unspecified atom stereocenters. The molecule has 3 atom stereocenters. The Labute approximate surface area is 158 Å². The van der Waals surface area contributed by atoms with Crippen molar-refractivity contribution in [3.05, 3.63) is 89.5 Å². The molecule has 0 aromatic heterocycles. The van der Waals surface area contributed by atoms with Gasteiger partial charge in [0.05, 0.1) is 0 Å². The zero-order valence-corrected chi connectivity index (χ0v) is 16.0. The number of rotatable bonds is 4. The third kappa shape index (κ3) is 3.43. The topological polar surface area (TPSA) is 0 Å². The zero-order valence-electron chi connectivity index (χ0n) is 16.0. The first kappa shape index (κ1) is 17.3. The molecule has 26 heavy (non-hydrogen) atoms. The van der Waals surface area contributed by atoms with Crippen molar-refractivity contribution in [2.75, 3.05) is 0 Å². The second-order valence-corrected chi connectivity index (χ2v) is 8.08. The lowest BCUT2D eigenvalue weighted by Gasteiger charge is -2.43. The molecule has 1 fully saturated rings. The van der Waals surface area contributed by atoms with Crippen LogP contribution in [0.2, 0.25) is 0 Å². The highest BCUT2D eigenvalue weighted by Crippen LogP contribution is 2.49. The summed E-state index contributed by atoms with van der Waals surface area (Å²) >= 11 is 0. The van der Waals surface area contributed by atoms with Crippen molar-refractivity contribution in [2.45, 2.75) is 45.4 Å². The Morgan fingerprint density at radius 2 is 1.62 bits per heavy atom. The van der Waals surface area contributed by atoms with E-state index in [2.05, 4.69) is 74.2 Å². The van der Waals surface area contributed by atoms with E-state index < -0.39 is 0 Å². The Bertz CT molecular complexity index is 779. The van der Waals surface area contributed by atoms with E-state index in [0.29, 0.717) is 11.8 Å². The van der Waals surface area contributed by atoms with E-state index in [-0.39, 0.29) is 0 Å². The van der Waals surface area contributed by atoms with Gasteiger partial charge in [0, 0.05) is 0 Å². The van der Waals surface area contributed by atoms with Crippen molar-refractivity contribution < 1.29 is 0 Å². The van der Waals surface area contributed by atoms with Crippen LogP contribution < -0.4 is 0 Å². The lowest BCUT2D eigenvalue weighted by molar-refractivity contribution is 0.215. The first-order valence-corrected chi connectivity index (χ1v) is 10.3. The molecular weight excluding hydrogens is 312 g/mol. The summed E-state index contributed by atoms with van der Waals surface area (Å²) in [5.74, 6) is 2.05. The summed E-state index contributed by atoms with van der Waals surface area (Å²) in [5, 5.41) is 0. The molecule has 0 N–H and O–H groups in total. The molecule has 2 aromatic carbocycles. The van der Waals surface area contributed by atoms with E-state index in [1.165, 1.54) is 53.5 Å². The van der Waals surface area contributed by atoms with Crippen LogP contribution in [-0.2, 0) is 12.8 Å². The van der Waals surface area contributed by atoms with Gasteiger partial charge in [0.2, 0.25) is 0 Å². The van der Waals surface area contributed by atoms with Gasteiger partial charge in [-0.25, -0.2) is 0 Å². The minimum Gasteiger partial charge on any atom is -0.0955 e. The van der Waals surface area contributed by atoms with Crippen molar-refractivity contribution in [1.82, 2.24) is 0 Å². The monoisotopic (exact) mass is 342 g/mol. The summed E-state index contributed by atoms with van der Waals surface area (Å²) in [6, 6.07) is 20.3. The first-order chi connectivity index (χ1) is 12.8. The highest BCUT2D eigenvalue weighted by molar-refractivity contribution is 5.72. The third-order valence-electron chi connectivity index (χ3n) is 6.55. The molecule has 0 saturated heterocycles. The molecule has 0 bridgehead atoms. The maximum Gasteiger partial charge on any atom is -0.00813 e. The van der Waals surface area contributed by atoms with Crippen LogP contribution >= 0.6 is 0 Å². The number of allylic oxidation sites excluding steroid dienone is 3. The van der Waals surface area contributed by atoms with E-state index in [1.807, 2.05) is 0 Å². The number of aryl methyl sites for hydroxylation is 1. The Kier molecular flexibility index (Phi) is 5.11. The number of fused-ring (bicyclic) bond motifs is 1. The lowest BCUT2D eigenvalue weighted by Crippen LogP contribution is -2.33. The van der Waals surface area contributed by atoms with Crippen LogP contribution in [0.5, 0.6) is 0 Å². The van der Waals surface area contributed by atoms with Crippen LogP contribution in [0.15, 0.2) is 72.8 Å². The van der Waals surface area contributed by atoms with Crippen molar-refractivity contribution in [2.24, 2.45) is 17.8 Å². The van der Waals surface area contributed by atoms with Crippen LogP contribution in [0.4, 0.5) is 0 Å². The van der Waals surface area contributed by atoms with Gasteiger partial charge in [-0.2, -0.15) is 0 Å². The molecule has 0 heterocycles. The van der Waals surface area contributed by atoms with Gasteiger partial charge in [-0.1, -0.05) is 92.6 Å². The minimum atomic E-state index is 0.612. The van der Waals surface area contributed by atoms with Gasteiger partial charge < -0.3 is 0 Å². The van der Waals surface area contributed by atoms with Crippen molar-refractivity contribution in [3.8, 4) is 0 Å². The second kappa shape index (κ2) is 7.66. The van der Waals surface area contributed by atoms with Crippen LogP contribution in [0, 0.1) is 17.8 Å². The van der Waals surface area contributed by atoms with E-state index in [0.717, 1.165) is 18.8 Å². The average molecular weight is 343 g/mol. The molecule has 0 spiro atoms. The highest BCUT2D eigenvalue weighted by atomic mass is 14.4. The summed E-state index contributed by atoms with van der Waals surface area (Å²) in [5.41, 5.74) is 7.16. The number of benzene rings is 2. The normalized spacial score (nSPS) is 25.5. The van der Waals surface area contributed by atoms with E-state index in [4.69, 9.17) is 0 Å². The molecule has 0 heteroatoms. The molecule has 0 amide bonds. The number of hydrogen-bond donors (Lipinski definition) is 0. The molecule has 1 saturated carbocycles. The van der Waals surface area contributed by atoms with E-state index in [9.17, 15) is 0 Å². The smallest absolute Gasteiger partial charge is 0.00813 e. The fourth-order valence-corrected chi connectivity index (χ4v) is 5.11. The summed E-state index contributed by atoms with van der Waals surface area (Å²) in [4.78, 5) is 0. The molecular formula is C26H30. The molecule has 4 rings (SSSR count). The largest absolute Gasteiger partial charge is 0.0955 e. The standard InChI is InChI=1S/C26H30/c1-3-20-13-15-22(16-14-20)25-17-19(2)23-11-7-8-12-24(23)26(25)18-21-9-5-4-6-10-21/h4-6,9-10,13-17,23-24,26H,2-3,7-8,11-12,18H2,1H3. The predicted molar refractivity (Wildman–Crippen MR) is 112 cm³/mol. The summed E-state index contributed by atoms with van der Waals surface area (Å²) in [6.07, 6.45) is 10.1. The second-order valence-electron chi connectivity index (χ2n) is 8.08. The van der Waals surface area contributed by atoms with Crippen LogP contribution in [-0.4, -0.2) is 0 Å². The van der Waals surface area contributed by atoms with Crippen LogP contribution in [0.3, 0.4) is 0 Å². The maximum absolute atomic E-state index is 4.47. The molecule has 0 aliphatic heterocycles. The van der Waals surface area contributed by atoms with Crippen LogP contribution in [0.25, 0.3) is 5.57 Å². The fraction of sp³-hybridized carbons (Fsp3) is 0.385. The van der Waals surface area contributed by atoms with Crippen molar-refractivity contribution >= 4 is 5.57 Å². The first-order valence-electron chi connectivity index (χ1n) is 10.3. The Morgan fingerprint density at radius 3 is 2.35 bits per heavy atom. The molecule has 0 nitrogen and oxygen atoms in total. The Balaban J connectivity index is 1.72.